The van der Waals surface area contributed by atoms with Crippen LogP contribution in [0.3, 0.4) is 0 Å². The molecule has 0 aromatic heterocycles. The van der Waals surface area contributed by atoms with E-state index in [1.807, 2.05) is 68.6 Å². The number of rotatable bonds is 2. The third-order valence-corrected chi connectivity index (χ3v) is 3.57. The average Bonchev–Trinajstić information content (AvgIpc) is 2.49. The van der Waals surface area contributed by atoms with Crippen molar-refractivity contribution in [1.82, 2.24) is 5.32 Å². The van der Waals surface area contributed by atoms with Crippen LogP contribution in [0.25, 0.3) is 0 Å². The highest BCUT2D eigenvalue weighted by Crippen LogP contribution is 2.15. The Bertz CT molecular complexity index is 645. The van der Waals surface area contributed by atoms with Crippen molar-refractivity contribution in [2.75, 3.05) is 6.26 Å². The summed E-state index contributed by atoms with van der Waals surface area (Å²) in [6.07, 6.45) is 1.89. The van der Waals surface area contributed by atoms with E-state index in [4.69, 9.17) is 0 Å². The molecule has 2 rings (SSSR count). The van der Waals surface area contributed by atoms with E-state index < -0.39 is 0 Å². The minimum atomic E-state index is -0.143. The van der Waals surface area contributed by atoms with Crippen molar-refractivity contribution >= 4 is 28.5 Å². The maximum absolute atomic E-state index is 12.2. The lowest BCUT2D eigenvalue weighted by Crippen LogP contribution is -2.28. The first kappa shape index (κ1) is 15.3. The summed E-state index contributed by atoms with van der Waals surface area (Å²) >= 11 is 1.41. The SMILES string of the molecule is CSC(=Nc1ccc(C)cc1)NC(=O)c1ccc(C)cc1. The number of hydrogen-bond donors (Lipinski definition) is 1. The van der Waals surface area contributed by atoms with Crippen LogP contribution < -0.4 is 5.32 Å². The van der Waals surface area contributed by atoms with Crippen LogP contribution in [0.2, 0.25) is 0 Å². The standard InChI is InChI=1S/C17H18N2OS/c1-12-4-8-14(9-5-12)16(20)19-17(21-3)18-15-10-6-13(2)7-11-15/h4-11H,1-3H3,(H,18,19,20). The van der Waals surface area contributed by atoms with E-state index in [0.29, 0.717) is 10.7 Å². The van der Waals surface area contributed by atoms with E-state index in [1.54, 1.807) is 0 Å². The fourth-order valence-electron chi connectivity index (χ4n) is 1.74. The third-order valence-electron chi connectivity index (χ3n) is 2.99. The smallest absolute Gasteiger partial charge is 0.257 e. The van der Waals surface area contributed by atoms with Crippen LogP contribution in [0, 0.1) is 13.8 Å². The largest absolute Gasteiger partial charge is 0.301 e. The first-order valence-corrected chi connectivity index (χ1v) is 7.88. The molecule has 2 aromatic rings. The number of carbonyl (C=O) groups excluding carboxylic acids is 1. The zero-order valence-corrected chi connectivity index (χ0v) is 13.2. The van der Waals surface area contributed by atoms with Gasteiger partial charge in [0.2, 0.25) is 0 Å². The molecule has 0 saturated carbocycles. The van der Waals surface area contributed by atoms with Crippen molar-refractivity contribution < 1.29 is 4.79 Å². The summed E-state index contributed by atoms with van der Waals surface area (Å²) in [7, 11) is 0. The number of amides is 1. The maximum atomic E-state index is 12.2. The summed E-state index contributed by atoms with van der Waals surface area (Å²) in [4.78, 5) is 16.6. The second-order valence-corrected chi connectivity index (χ2v) is 5.57. The predicted molar refractivity (Wildman–Crippen MR) is 90.4 cm³/mol. The van der Waals surface area contributed by atoms with E-state index in [1.165, 1.54) is 17.3 Å². The highest BCUT2D eigenvalue weighted by molar-refractivity contribution is 8.13. The van der Waals surface area contributed by atoms with E-state index in [9.17, 15) is 4.79 Å². The molecule has 1 N–H and O–H groups in total. The van der Waals surface area contributed by atoms with Gasteiger partial charge in [0.15, 0.2) is 5.17 Å². The number of thioether (sulfide) groups is 1. The molecular weight excluding hydrogens is 280 g/mol. The van der Waals surface area contributed by atoms with Crippen LogP contribution in [0.4, 0.5) is 5.69 Å². The van der Waals surface area contributed by atoms with Crippen molar-refractivity contribution in [2.24, 2.45) is 4.99 Å². The van der Waals surface area contributed by atoms with Gasteiger partial charge in [-0.25, -0.2) is 4.99 Å². The normalized spacial score (nSPS) is 11.3. The van der Waals surface area contributed by atoms with Gasteiger partial charge in [0.05, 0.1) is 5.69 Å². The summed E-state index contributed by atoms with van der Waals surface area (Å²) in [5.41, 5.74) is 3.77. The number of hydrogen-bond acceptors (Lipinski definition) is 3. The summed E-state index contributed by atoms with van der Waals surface area (Å²) < 4.78 is 0. The summed E-state index contributed by atoms with van der Waals surface area (Å²) in [6.45, 7) is 4.02. The molecule has 0 fully saturated rings. The Balaban J connectivity index is 2.13. The van der Waals surface area contributed by atoms with Gasteiger partial charge in [0, 0.05) is 5.56 Å². The van der Waals surface area contributed by atoms with Gasteiger partial charge in [-0.15, -0.1) is 0 Å². The van der Waals surface area contributed by atoms with Crippen molar-refractivity contribution in [2.45, 2.75) is 13.8 Å². The molecular formula is C17H18N2OS. The first-order valence-electron chi connectivity index (χ1n) is 6.66. The molecule has 0 spiro atoms. The maximum Gasteiger partial charge on any atom is 0.257 e. The molecule has 1 amide bonds. The summed E-state index contributed by atoms with van der Waals surface area (Å²) in [5.74, 6) is -0.143. The van der Waals surface area contributed by atoms with Crippen LogP contribution in [-0.4, -0.2) is 17.3 Å². The first-order chi connectivity index (χ1) is 10.1. The Kier molecular flexibility index (Phi) is 5.17. The fraction of sp³-hybridized carbons (Fsp3) is 0.176. The van der Waals surface area contributed by atoms with Gasteiger partial charge >= 0.3 is 0 Å². The van der Waals surface area contributed by atoms with Crippen LogP contribution in [-0.2, 0) is 0 Å². The Morgan fingerprint density at radius 3 is 2.00 bits per heavy atom. The topological polar surface area (TPSA) is 41.5 Å². The van der Waals surface area contributed by atoms with Crippen LogP contribution >= 0.6 is 11.8 Å². The van der Waals surface area contributed by atoms with Crippen LogP contribution in [0.1, 0.15) is 21.5 Å². The van der Waals surface area contributed by atoms with Crippen molar-refractivity contribution in [3.8, 4) is 0 Å². The Labute approximate surface area is 129 Å². The summed E-state index contributed by atoms with van der Waals surface area (Å²) in [5, 5.41) is 3.43. The number of amidine groups is 1. The molecule has 0 unspecified atom stereocenters. The van der Waals surface area contributed by atoms with Gasteiger partial charge in [-0.05, 0) is 44.4 Å². The quantitative estimate of drug-likeness (QED) is 0.670. The molecule has 4 heteroatoms. The zero-order valence-electron chi connectivity index (χ0n) is 12.4. The second-order valence-electron chi connectivity index (χ2n) is 4.78. The van der Waals surface area contributed by atoms with Gasteiger partial charge in [-0.2, -0.15) is 0 Å². The molecule has 0 aliphatic heterocycles. The lowest BCUT2D eigenvalue weighted by atomic mass is 10.1. The van der Waals surface area contributed by atoms with Gasteiger partial charge < -0.3 is 5.32 Å². The molecule has 0 atom stereocenters. The van der Waals surface area contributed by atoms with Gasteiger partial charge in [0.1, 0.15) is 0 Å². The Morgan fingerprint density at radius 2 is 1.48 bits per heavy atom. The third kappa shape index (κ3) is 4.46. The monoisotopic (exact) mass is 298 g/mol. The number of aryl methyl sites for hydroxylation is 2. The highest BCUT2D eigenvalue weighted by atomic mass is 32.2. The molecule has 3 nitrogen and oxygen atoms in total. The van der Waals surface area contributed by atoms with Crippen molar-refractivity contribution in [1.29, 1.82) is 0 Å². The lowest BCUT2D eigenvalue weighted by Gasteiger charge is -2.07. The fourth-order valence-corrected chi connectivity index (χ4v) is 2.13. The van der Waals surface area contributed by atoms with Crippen LogP contribution in [0.5, 0.6) is 0 Å². The number of benzene rings is 2. The minimum absolute atomic E-state index is 0.143. The van der Waals surface area contributed by atoms with Gasteiger partial charge in [0.25, 0.3) is 5.91 Å². The van der Waals surface area contributed by atoms with Crippen LogP contribution in [0.15, 0.2) is 53.5 Å². The lowest BCUT2D eigenvalue weighted by molar-refractivity contribution is 0.0978. The molecule has 21 heavy (non-hydrogen) atoms. The van der Waals surface area contributed by atoms with Gasteiger partial charge in [-0.1, -0.05) is 47.2 Å². The van der Waals surface area contributed by atoms with Gasteiger partial charge in [-0.3, -0.25) is 4.79 Å². The molecule has 0 aliphatic rings. The van der Waals surface area contributed by atoms with E-state index in [-0.39, 0.29) is 5.91 Å². The summed E-state index contributed by atoms with van der Waals surface area (Å²) in [6, 6.07) is 15.3. The number of nitrogens with zero attached hydrogens (tertiary/aromatic N) is 1. The van der Waals surface area contributed by atoms with E-state index >= 15 is 0 Å². The second kappa shape index (κ2) is 7.09. The number of aliphatic imine (C=N–C) groups is 1. The van der Waals surface area contributed by atoms with Crippen molar-refractivity contribution in [3.05, 3.63) is 65.2 Å². The average molecular weight is 298 g/mol. The minimum Gasteiger partial charge on any atom is -0.301 e. The molecule has 2 aromatic carbocycles. The molecule has 0 saturated heterocycles. The molecule has 0 bridgehead atoms. The molecule has 108 valence electrons. The number of nitrogens with one attached hydrogen (secondary N) is 1. The highest BCUT2D eigenvalue weighted by Gasteiger charge is 2.08. The van der Waals surface area contributed by atoms with Crippen molar-refractivity contribution in [3.63, 3.8) is 0 Å². The molecule has 0 heterocycles. The van der Waals surface area contributed by atoms with E-state index in [2.05, 4.69) is 10.3 Å². The molecule has 0 radical (unpaired) electrons. The molecule has 0 aliphatic carbocycles. The van der Waals surface area contributed by atoms with E-state index in [0.717, 1.165) is 11.3 Å². The number of carbonyl (C=O) groups is 1. The Hall–Kier alpha value is -2.07. The Morgan fingerprint density at radius 1 is 0.952 bits per heavy atom. The predicted octanol–water partition coefficient (Wildman–Crippen LogP) is 4.08. The zero-order chi connectivity index (χ0) is 15.2.